The highest BCUT2D eigenvalue weighted by Gasteiger charge is 2.23. The van der Waals surface area contributed by atoms with E-state index in [0.717, 1.165) is 24.3 Å². The number of aromatic nitrogens is 4. The lowest BCUT2D eigenvalue weighted by atomic mass is 10.2. The zero-order chi connectivity index (χ0) is 24.2. The number of hydrogen-bond donors (Lipinski definition) is 0. The molecule has 5 rings (SSSR count). The van der Waals surface area contributed by atoms with Gasteiger partial charge in [0.25, 0.3) is 0 Å². The number of amides is 1. The molecule has 0 unspecified atom stereocenters. The van der Waals surface area contributed by atoms with Crippen molar-refractivity contribution in [3.05, 3.63) is 84.4 Å². The fraction of sp³-hybridized carbons (Fsp3) is 0.231. The third-order valence-electron chi connectivity index (χ3n) is 5.98. The second-order valence-electron chi connectivity index (χ2n) is 8.35. The lowest BCUT2D eigenvalue weighted by Crippen LogP contribution is -2.49. The summed E-state index contributed by atoms with van der Waals surface area (Å²) >= 11 is 1.34. The Kier molecular flexibility index (Phi) is 6.76. The predicted octanol–water partition coefficient (Wildman–Crippen LogP) is 4.22. The van der Waals surface area contributed by atoms with Gasteiger partial charge in [-0.05, 0) is 61.0 Å². The van der Waals surface area contributed by atoms with Gasteiger partial charge >= 0.3 is 0 Å². The highest BCUT2D eigenvalue weighted by Crippen LogP contribution is 2.28. The minimum atomic E-state index is -0.318. The number of rotatable bonds is 6. The molecule has 4 aromatic rings. The minimum absolute atomic E-state index is 0.0676. The summed E-state index contributed by atoms with van der Waals surface area (Å²) in [5, 5.41) is 9.30. The lowest BCUT2D eigenvalue weighted by molar-refractivity contribution is -0.128. The van der Waals surface area contributed by atoms with Crippen LogP contribution in [0, 0.1) is 12.7 Å². The van der Waals surface area contributed by atoms with E-state index in [0.29, 0.717) is 24.1 Å². The number of hydrogen-bond acceptors (Lipinski definition) is 6. The van der Waals surface area contributed by atoms with Crippen molar-refractivity contribution in [2.24, 2.45) is 0 Å². The van der Waals surface area contributed by atoms with E-state index in [1.807, 2.05) is 21.6 Å². The van der Waals surface area contributed by atoms with Crippen molar-refractivity contribution in [3.63, 3.8) is 0 Å². The van der Waals surface area contributed by atoms with Gasteiger partial charge in [0, 0.05) is 55.5 Å². The van der Waals surface area contributed by atoms with E-state index < -0.39 is 0 Å². The molecule has 1 amide bonds. The average molecular weight is 489 g/mol. The number of aryl methyl sites for hydroxylation is 1. The van der Waals surface area contributed by atoms with Crippen molar-refractivity contribution in [2.45, 2.75) is 12.1 Å². The molecule has 2 aromatic carbocycles. The summed E-state index contributed by atoms with van der Waals surface area (Å²) in [4.78, 5) is 21.3. The molecule has 0 saturated carbocycles. The molecule has 3 heterocycles. The molecule has 7 nitrogen and oxygen atoms in total. The highest BCUT2D eigenvalue weighted by atomic mass is 32.2. The summed E-state index contributed by atoms with van der Waals surface area (Å²) in [6, 6.07) is 18.3. The summed E-state index contributed by atoms with van der Waals surface area (Å²) < 4.78 is 15.4. The summed E-state index contributed by atoms with van der Waals surface area (Å²) in [6.07, 6.45) is 3.37. The Balaban J connectivity index is 1.29. The molecule has 0 atom stereocenters. The van der Waals surface area contributed by atoms with Crippen LogP contribution in [0.2, 0.25) is 0 Å². The summed E-state index contributed by atoms with van der Waals surface area (Å²) in [5.74, 6) is 0.611. The zero-order valence-electron chi connectivity index (χ0n) is 19.3. The molecule has 0 aliphatic carbocycles. The topological polar surface area (TPSA) is 67.2 Å². The van der Waals surface area contributed by atoms with Crippen molar-refractivity contribution in [2.75, 3.05) is 36.8 Å². The Morgan fingerprint density at radius 1 is 0.943 bits per heavy atom. The number of anilines is 1. The first-order valence-electron chi connectivity index (χ1n) is 11.4. The standard InChI is InChI=1S/C26H25FN6OS/c1-19-3-2-4-23(17-19)31-13-15-32(16-14-31)24(34)18-35-26-30-29-25(20-9-11-28-12-10-20)33(26)22-7-5-21(27)6-8-22/h2-12,17H,13-16,18H2,1H3. The van der Waals surface area contributed by atoms with Crippen molar-refractivity contribution in [1.82, 2.24) is 24.6 Å². The fourth-order valence-corrected chi connectivity index (χ4v) is 4.99. The number of pyridine rings is 1. The van der Waals surface area contributed by atoms with E-state index in [1.54, 1.807) is 24.5 Å². The SMILES string of the molecule is Cc1cccc(N2CCN(C(=O)CSc3nnc(-c4ccncc4)n3-c3ccc(F)cc3)CC2)c1. The number of benzene rings is 2. The van der Waals surface area contributed by atoms with E-state index in [-0.39, 0.29) is 17.5 Å². The second kappa shape index (κ2) is 10.3. The first-order valence-corrected chi connectivity index (χ1v) is 12.4. The zero-order valence-corrected chi connectivity index (χ0v) is 20.2. The highest BCUT2D eigenvalue weighted by molar-refractivity contribution is 7.99. The molecule has 0 N–H and O–H groups in total. The smallest absolute Gasteiger partial charge is 0.233 e. The maximum atomic E-state index is 13.6. The van der Waals surface area contributed by atoms with Crippen LogP contribution in [0.5, 0.6) is 0 Å². The molecule has 9 heteroatoms. The third-order valence-corrected chi connectivity index (χ3v) is 6.89. The van der Waals surface area contributed by atoms with E-state index in [1.165, 1.54) is 35.1 Å². The Labute approximate surface area is 207 Å². The molecule has 1 aliphatic rings. The van der Waals surface area contributed by atoms with Crippen molar-refractivity contribution in [3.8, 4) is 17.1 Å². The quantitative estimate of drug-likeness (QED) is 0.379. The van der Waals surface area contributed by atoms with Gasteiger partial charge in [0.1, 0.15) is 5.82 Å². The van der Waals surface area contributed by atoms with Gasteiger partial charge in [-0.3, -0.25) is 14.3 Å². The van der Waals surface area contributed by atoms with Crippen LogP contribution in [0.4, 0.5) is 10.1 Å². The summed E-state index contributed by atoms with van der Waals surface area (Å²) in [5.41, 5.74) is 3.99. The van der Waals surface area contributed by atoms with Gasteiger partial charge in [0.15, 0.2) is 11.0 Å². The summed E-state index contributed by atoms with van der Waals surface area (Å²) in [7, 11) is 0. The largest absolute Gasteiger partial charge is 0.368 e. The Morgan fingerprint density at radius 2 is 1.69 bits per heavy atom. The van der Waals surface area contributed by atoms with E-state index in [9.17, 15) is 9.18 Å². The van der Waals surface area contributed by atoms with Gasteiger partial charge in [-0.15, -0.1) is 10.2 Å². The van der Waals surface area contributed by atoms with E-state index >= 15 is 0 Å². The fourth-order valence-electron chi connectivity index (χ4n) is 4.13. The average Bonchev–Trinajstić information content (AvgIpc) is 3.32. The van der Waals surface area contributed by atoms with Gasteiger partial charge < -0.3 is 9.80 Å². The molecule has 1 saturated heterocycles. The number of halogens is 1. The second-order valence-corrected chi connectivity index (χ2v) is 9.29. The number of nitrogens with zero attached hydrogens (tertiary/aromatic N) is 6. The minimum Gasteiger partial charge on any atom is -0.368 e. The predicted molar refractivity (Wildman–Crippen MR) is 135 cm³/mol. The monoisotopic (exact) mass is 488 g/mol. The first-order chi connectivity index (χ1) is 17.1. The molecule has 178 valence electrons. The first kappa shape index (κ1) is 23.0. The van der Waals surface area contributed by atoms with Gasteiger partial charge in [-0.25, -0.2) is 4.39 Å². The maximum absolute atomic E-state index is 13.6. The van der Waals surface area contributed by atoms with Crippen LogP contribution >= 0.6 is 11.8 Å². The molecule has 0 bridgehead atoms. The van der Waals surface area contributed by atoms with Gasteiger partial charge in [-0.2, -0.15) is 0 Å². The molecule has 35 heavy (non-hydrogen) atoms. The van der Waals surface area contributed by atoms with Crippen LogP contribution in [0.15, 0.2) is 78.2 Å². The number of piperazine rings is 1. The van der Waals surface area contributed by atoms with Crippen LogP contribution < -0.4 is 4.90 Å². The molecular weight excluding hydrogens is 463 g/mol. The number of carbonyl (C=O) groups is 1. The van der Waals surface area contributed by atoms with Crippen LogP contribution in [0.1, 0.15) is 5.56 Å². The Morgan fingerprint density at radius 3 is 2.40 bits per heavy atom. The summed E-state index contributed by atoms with van der Waals surface area (Å²) in [6.45, 7) is 5.06. The van der Waals surface area contributed by atoms with Crippen molar-refractivity contribution >= 4 is 23.4 Å². The van der Waals surface area contributed by atoms with Crippen molar-refractivity contribution in [1.29, 1.82) is 0 Å². The Hall–Kier alpha value is -3.72. The molecule has 0 radical (unpaired) electrons. The Bertz CT molecular complexity index is 1300. The van der Waals surface area contributed by atoms with Gasteiger partial charge in [-0.1, -0.05) is 23.9 Å². The normalized spacial score (nSPS) is 13.8. The molecule has 1 fully saturated rings. The van der Waals surface area contributed by atoms with Crippen LogP contribution in [-0.2, 0) is 4.79 Å². The van der Waals surface area contributed by atoms with Gasteiger partial charge in [0.05, 0.1) is 5.75 Å². The maximum Gasteiger partial charge on any atom is 0.233 e. The number of thioether (sulfide) groups is 1. The van der Waals surface area contributed by atoms with Crippen LogP contribution in [0.3, 0.4) is 0 Å². The number of carbonyl (C=O) groups excluding carboxylic acids is 1. The van der Waals surface area contributed by atoms with E-state index in [2.05, 4.69) is 51.3 Å². The van der Waals surface area contributed by atoms with Crippen LogP contribution in [-0.4, -0.2) is 62.5 Å². The third kappa shape index (κ3) is 5.19. The molecule has 0 spiro atoms. The molecule has 2 aromatic heterocycles. The van der Waals surface area contributed by atoms with Crippen molar-refractivity contribution < 1.29 is 9.18 Å². The molecular formula is C26H25FN6OS. The van der Waals surface area contributed by atoms with Gasteiger partial charge in [0.2, 0.25) is 5.91 Å². The lowest BCUT2D eigenvalue weighted by Gasteiger charge is -2.36. The molecule has 1 aliphatic heterocycles. The van der Waals surface area contributed by atoms with E-state index in [4.69, 9.17) is 0 Å². The van der Waals surface area contributed by atoms with Crippen LogP contribution in [0.25, 0.3) is 17.1 Å².